The van der Waals surface area contributed by atoms with Gasteiger partial charge in [0.15, 0.2) is 0 Å². The van der Waals surface area contributed by atoms with Crippen LogP contribution in [0.1, 0.15) is 32.5 Å². The highest BCUT2D eigenvalue weighted by Crippen LogP contribution is 2.30. The molecule has 2 heterocycles. The van der Waals surface area contributed by atoms with Crippen molar-refractivity contribution in [3.8, 4) is 0 Å². The highest BCUT2D eigenvalue weighted by molar-refractivity contribution is 5.47. The molecule has 1 aromatic heterocycles. The Morgan fingerprint density at radius 1 is 1.30 bits per heavy atom. The third kappa shape index (κ3) is 3.80. The topological polar surface area (TPSA) is 79.1 Å². The Labute approximate surface area is 121 Å². The summed E-state index contributed by atoms with van der Waals surface area (Å²) in [6, 6.07) is 1.86. The van der Waals surface area contributed by atoms with Gasteiger partial charge in [-0.15, -0.1) is 0 Å². The molecule has 1 aromatic rings. The van der Waals surface area contributed by atoms with Crippen LogP contribution in [0.25, 0.3) is 0 Å². The summed E-state index contributed by atoms with van der Waals surface area (Å²) in [5.41, 5.74) is 2.93. The number of nitrogen functional groups attached to an aromatic ring is 1. The Hall–Kier alpha value is -1.40. The maximum atomic E-state index is 5.45. The summed E-state index contributed by atoms with van der Waals surface area (Å²) in [5.74, 6) is 7.76. The largest absolute Gasteiger partial charge is 0.369 e. The van der Waals surface area contributed by atoms with Crippen LogP contribution in [0.3, 0.4) is 0 Å². The van der Waals surface area contributed by atoms with Gasteiger partial charge in [0.2, 0.25) is 0 Å². The van der Waals surface area contributed by atoms with Crippen LogP contribution in [0.2, 0.25) is 0 Å². The highest BCUT2D eigenvalue weighted by atomic mass is 15.3. The molecule has 20 heavy (non-hydrogen) atoms. The summed E-state index contributed by atoms with van der Waals surface area (Å²) in [4.78, 5) is 11.2. The minimum Gasteiger partial charge on any atom is -0.369 e. The second-order valence-electron chi connectivity index (χ2n) is 6.02. The van der Waals surface area contributed by atoms with Crippen molar-refractivity contribution in [2.75, 3.05) is 37.4 Å². The van der Waals surface area contributed by atoms with Crippen LogP contribution in [0.5, 0.6) is 0 Å². The van der Waals surface area contributed by atoms with Gasteiger partial charge in [-0.2, -0.15) is 0 Å². The third-order valence-electron chi connectivity index (χ3n) is 4.13. The van der Waals surface area contributed by atoms with Gasteiger partial charge in [0.1, 0.15) is 17.5 Å². The molecule has 1 saturated heterocycles. The second-order valence-corrected chi connectivity index (χ2v) is 6.02. The minimum atomic E-state index is 0.333. The number of piperidine rings is 1. The zero-order valence-electron chi connectivity index (χ0n) is 12.7. The lowest BCUT2D eigenvalue weighted by atomic mass is 9.80. The number of nitrogens with two attached hydrogens (primary N) is 1. The molecule has 0 aliphatic carbocycles. The summed E-state index contributed by atoms with van der Waals surface area (Å²) in [6.45, 7) is 7.65. The van der Waals surface area contributed by atoms with Crippen LogP contribution in [-0.4, -0.2) is 41.5 Å². The first kappa shape index (κ1) is 15.0. The third-order valence-corrected chi connectivity index (χ3v) is 4.13. The average molecular weight is 278 g/mol. The summed E-state index contributed by atoms with van der Waals surface area (Å²) in [5, 5.41) is 3.45. The molecule has 0 saturated carbocycles. The molecule has 0 atom stereocenters. The van der Waals surface area contributed by atoms with Crippen molar-refractivity contribution < 1.29 is 0 Å². The number of aromatic nitrogens is 2. The number of anilines is 2. The lowest BCUT2D eigenvalue weighted by Gasteiger charge is -2.38. The van der Waals surface area contributed by atoms with Crippen LogP contribution in [0, 0.1) is 5.41 Å². The van der Waals surface area contributed by atoms with Gasteiger partial charge in [0, 0.05) is 19.0 Å². The smallest absolute Gasteiger partial charge is 0.145 e. The predicted molar refractivity (Wildman–Crippen MR) is 82.5 cm³/mol. The number of hydrogen-bond donors (Lipinski definition) is 3. The van der Waals surface area contributed by atoms with Crippen LogP contribution >= 0.6 is 0 Å². The predicted octanol–water partition coefficient (Wildman–Crippen LogP) is 1.47. The van der Waals surface area contributed by atoms with E-state index in [9.17, 15) is 0 Å². The zero-order chi connectivity index (χ0) is 14.6. The summed E-state index contributed by atoms with van der Waals surface area (Å²) >= 11 is 0. The maximum Gasteiger partial charge on any atom is 0.145 e. The number of nitrogens with zero attached hydrogens (tertiary/aromatic N) is 3. The van der Waals surface area contributed by atoms with E-state index in [1.807, 2.05) is 13.0 Å². The standard InChI is InChI=1S/C14H26N6/c1-4-11-17-12(9-13(18-11)19-15)16-10-14(2)5-7-20(3)8-6-14/h9H,4-8,10,15H2,1-3H3,(H2,16,17,18,19). The van der Waals surface area contributed by atoms with Gasteiger partial charge in [-0.1, -0.05) is 13.8 Å². The number of likely N-dealkylation sites (tertiary alicyclic amines) is 1. The zero-order valence-corrected chi connectivity index (χ0v) is 12.7. The lowest BCUT2D eigenvalue weighted by molar-refractivity contribution is 0.150. The highest BCUT2D eigenvalue weighted by Gasteiger charge is 2.28. The Morgan fingerprint density at radius 2 is 1.95 bits per heavy atom. The van der Waals surface area contributed by atoms with Crippen LogP contribution < -0.4 is 16.6 Å². The molecule has 6 nitrogen and oxygen atoms in total. The van der Waals surface area contributed by atoms with Crippen molar-refractivity contribution in [2.24, 2.45) is 11.3 Å². The molecular formula is C14H26N6. The van der Waals surface area contributed by atoms with Crippen molar-refractivity contribution in [3.63, 3.8) is 0 Å². The SMILES string of the molecule is CCc1nc(NN)cc(NCC2(C)CCN(C)CC2)n1. The van der Waals surface area contributed by atoms with Gasteiger partial charge in [0.05, 0.1) is 0 Å². The van der Waals surface area contributed by atoms with Crippen molar-refractivity contribution in [1.29, 1.82) is 0 Å². The minimum absolute atomic E-state index is 0.333. The Morgan fingerprint density at radius 3 is 2.55 bits per heavy atom. The molecule has 0 spiro atoms. The van der Waals surface area contributed by atoms with E-state index >= 15 is 0 Å². The number of nitrogens with one attached hydrogen (secondary N) is 2. The summed E-state index contributed by atoms with van der Waals surface area (Å²) in [7, 11) is 2.18. The molecule has 6 heteroatoms. The molecule has 112 valence electrons. The van der Waals surface area contributed by atoms with Crippen molar-refractivity contribution >= 4 is 11.6 Å². The van der Waals surface area contributed by atoms with Crippen LogP contribution in [0.4, 0.5) is 11.6 Å². The lowest BCUT2D eigenvalue weighted by Crippen LogP contribution is -2.40. The van der Waals surface area contributed by atoms with E-state index in [0.717, 1.165) is 37.7 Å². The second kappa shape index (κ2) is 6.37. The van der Waals surface area contributed by atoms with Gasteiger partial charge in [-0.3, -0.25) is 0 Å². The molecule has 0 radical (unpaired) electrons. The fraction of sp³-hybridized carbons (Fsp3) is 0.714. The maximum absolute atomic E-state index is 5.45. The van der Waals surface area contributed by atoms with Crippen molar-refractivity contribution in [3.05, 3.63) is 11.9 Å². The molecule has 2 rings (SSSR count). The molecule has 0 aromatic carbocycles. The normalized spacial score (nSPS) is 18.8. The van der Waals surface area contributed by atoms with E-state index in [1.165, 1.54) is 12.8 Å². The number of hydrogen-bond acceptors (Lipinski definition) is 6. The van der Waals surface area contributed by atoms with E-state index < -0.39 is 0 Å². The molecule has 0 unspecified atom stereocenters. The Balaban J connectivity index is 1.99. The quantitative estimate of drug-likeness (QED) is 0.559. The van der Waals surface area contributed by atoms with E-state index in [-0.39, 0.29) is 0 Å². The molecule has 1 aliphatic rings. The van der Waals surface area contributed by atoms with Crippen LogP contribution in [0.15, 0.2) is 6.07 Å². The van der Waals surface area contributed by atoms with E-state index in [2.05, 4.69) is 39.6 Å². The van der Waals surface area contributed by atoms with E-state index in [0.29, 0.717) is 11.2 Å². The first-order valence-electron chi connectivity index (χ1n) is 7.31. The van der Waals surface area contributed by atoms with Gasteiger partial charge >= 0.3 is 0 Å². The van der Waals surface area contributed by atoms with Crippen LogP contribution in [-0.2, 0) is 6.42 Å². The molecule has 1 aliphatic heterocycles. The van der Waals surface area contributed by atoms with Gasteiger partial charge in [0.25, 0.3) is 0 Å². The van der Waals surface area contributed by atoms with E-state index in [4.69, 9.17) is 5.84 Å². The monoisotopic (exact) mass is 278 g/mol. The average Bonchev–Trinajstić information content (AvgIpc) is 2.48. The summed E-state index contributed by atoms with van der Waals surface area (Å²) in [6.07, 6.45) is 3.22. The Bertz CT molecular complexity index is 417. The number of aryl methyl sites for hydroxylation is 1. The first-order chi connectivity index (χ1) is 9.54. The van der Waals surface area contributed by atoms with Gasteiger partial charge < -0.3 is 15.6 Å². The molecule has 1 fully saturated rings. The fourth-order valence-electron chi connectivity index (χ4n) is 2.46. The van der Waals surface area contributed by atoms with Gasteiger partial charge in [-0.05, 0) is 38.4 Å². The molecule has 0 amide bonds. The number of hydrazine groups is 1. The summed E-state index contributed by atoms with van der Waals surface area (Å²) < 4.78 is 0. The van der Waals surface area contributed by atoms with Crippen molar-refractivity contribution in [1.82, 2.24) is 14.9 Å². The van der Waals surface area contributed by atoms with Gasteiger partial charge in [-0.25, -0.2) is 15.8 Å². The molecule has 0 bridgehead atoms. The fourth-order valence-corrected chi connectivity index (χ4v) is 2.46. The molecule has 4 N–H and O–H groups in total. The Kier molecular flexibility index (Phi) is 4.77. The first-order valence-corrected chi connectivity index (χ1v) is 7.31. The molecular weight excluding hydrogens is 252 g/mol. The number of rotatable bonds is 5. The van der Waals surface area contributed by atoms with Crippen molar-refractivity contribution in [2.45, 2.75) is 33.1 Å². The van der Waals surface area contributed by atoms with E-state index in [1.54, 1.807) is 0 Å².